The molecule has 2 nitrogen and oxygen atoms in total. The highest BCUT2D eigenvalue weighted by molar-refractivity contribution is 9.10. The normalized spacial score (nSPS) is 11.9. The van der Waals surface area contributed by atoms with Crippen LogP contribution < -0.4 is 0 Å². The van der Waals surface area contributed by atoms with Gasteiger partial charge in [0, 0.05) is 16.7 Å². The Bertz CT molecular complexity index is 861. The second-order valence-corrected chi connectivity index (χ2v) is 6.26. The molecule has 0 aliphatic carbocycles. The average Bonchev–Trinajstić information content (AvgIpc) is 2.50. The molecule has 2 aromatic carbocycles. The van der Waals surface area contributed by atoms with E-state index in [1.165, 1.54) is 11.1 Å². The molecule has 0 aliphatic heterocycles. The van der Waals surface area contributed by atoms with Crippen LogP contribution in [0.25, 0.3) is 10.9 Å². The van der Waals surface area contributed by atoms with Gasteiger partial charge in [-0.3, -0.25) is 4.99 Å². The second-order valence-electron chi connectivity index (χ2n) is 5.45. The Kier molecular flexibility index (Phi) is 4.08. The van der Waals surface area contributed by atoms with Crippen LogP contribution in [0.4, 0.5) is 5.69 Å². The Labute approximate surface area is 139 Å². The molecule has 3 rings (SSSR count). The third-order valence-electron chi connectivity index (χ3n) is 3.80. The van der Waals surface area contributed by atoms with Gasteiger partial charge in [-0.1, -0.05) is 42.5 Å². The number of halogens is 1. The number of benzene rings is 2. The number of pyridine rings is 1. The maximum atomic E-state index is 4.87. The van der Waals surface area contributed by atoms with Crippen LogP contribution in [-0.4, -0.2) is 10.7 Å². The first kappa shape index (κ1) is 14.9. The number of fused-ring (bicyclic) bond motifs is 1. The van der Waals surface area contributed by atoms with Gasteiger partial charge in [-0.15, -0.1) is 0 Å². The molecule has 110 valence electrons. The summed E-state index contributed by atoms with van der Waals surface area (Å²) < 4.78 is 0.840. The fourth-order valence-electron chi connectivity index (χ4n) is 2.63. The van der Waals surface area contributed by atoms with E-state index in [9.17, 15) is 0 Å². The summed E-state index contributed by atoms with van der Waals surface area (Å²) in [5.41, 5.74) is 6.45. The molecule has 0 saturated heterocycles. The molecule has 0 unspecified atom stereocenters. The van der Waals surface area contributed by atoms with Gasteiger partial charge >= 0.3 is 0 Å². The summed E-state index contributed by atoms with van der Waals surface area (Å²) in [6.07, 6.45) is 0. The number of hydrogen-bond acceptors (Lipinski definition) is 2. The summed E-state index contributed by atoms with van der Waals surface area (Å²) in [5.74, 6) is 0. The van der Waals surface area contributed by atoms with Crippen LogP contribution in [0.5, 0.6) is 0 Å². The van der Waals surface area contributed by atoms with Gasteiger partial charge in [-0.05, 0) is 53.9 Å². The number of aliphatic imine (C=N–C) groups is 1. The first-order valence-corrected chi connectivity index (χ1v) is 8.03. The quantitative estimate of drug-likeness (QED) is 0.425. The van der Waals surface area contributed by atoms with Crippen molar-refractivity contribution in [2.45, 2.75) is 20.8 Å². The average molecular weight is 353 g/mol. The minimum Gasteiger partial charge on any atom is -0.253 e. The highest BCUT2D eigenvalue weighted by atomic mass is 79.9. The maximum absolute atomic E-state index is 4.87. The van der Waals surface area contributed by atoms with Gasteiger partial charge in [0.1, 0.15) is 4.60 Å². The SMILES string of the molecule is C/C(=N\c1c(C)cccc1C)c1cccc2ccc(Br)nc12. The summed E-state index contributed by atoms with van der Waals surface area (Å²) in [4.78, 5) is 9.49. The van der Waals surface area contributed by atoms with Crippen molar-refractivity contribution in [3.63, 3.8) is 0 Å². The van der Waals surface area contributed by atoms with Crippen molar-refractivity contribution in [3.8, 4) is 0 Å². The lowest BCUT2D eigenvalue weighted by Gasteiger charge is -2.09. The predicted octanol–water partition coefficient (Wildman–Crippen LogP) is 5.75. The molecule has 0 N–H and O–H groups in total. The molecule has 0 amide bonds. The predicted molar refractivity (Wildman–Crippen MR) is 97.2 cm³/mol. The third kappa shape index (κ3) is 2.81. The van der Waals surface area contributed by atoms with Crippen LogP contribution in [0.1, 0.15) is 23.6 Å². The number of para-hydroxylation sites is 2. The van der Waals surface area contributed by atoms with Crippen LogP contribution in [0, 0.1) is 13.8 Å². The molecule has 0 spiro atoms. The van der Waals surface area contributed by atoms with Crippen molar-refractivity contribution < 1.29 is 0 Å². The lowest BCUT2D eigenvalue weighted by Crippen LogP contribution is -1.98. The minimum absolute atomic E-state index is 0.840. The molecular formula is C19H17BrN2. The molecule has 0 aliphatic rings. The van der Waals surface area contributed by atoms with Gasteiger partial charge < -0.3 is 0 Å². The molecule has 3 aromatic rings. The van der Waals surface area contributed by atoms with E-state index in [-0.39, 0.29) is 0 Å². The molecular weight excluding hydrogens is 336 g/mol. The highest BCUT2D eigenvalue weighted by Crippen LogP contribution is 2.26. The van der Waals surface area contributed by atoms with E-state index in [0.717, 1.165) is 32.5 Å². The number of aromatic nitrogens is 1. The molecule has 0 radical (unpaired) electrons. The number of rotatable bonds is 2. The Morgan fingerprint density at radius 1 is 0.955 bits per heavy atom. The molecule has 0 fully saturated rings. The maximum Gasteiger partial charge on any atom is 0.106 e. The van der Waals surface area contributed by atoms with E-state index in [1.807, 2.05) is 13.0 Å². The molecule has 0 saturated carbocycles. The topological polar surface area (TPSA) is 25.2 Å². The van der Waals surface area contributed by atoms with E-state index in [2.05, 4.69) is 77.2 Å². The van der Waals surface area contributed by atoms with Gasteiger partial charge in [0.25, 0.3) is 0 Å². The monoisotopic (exact) mass is 352 g/mol. The van der Waals surface area contributed by atoms with Gasteiger partial charge in [0.2, 0.25) is 0 Å². The standard InChI is InChI=1S/C19H17BrN2/c1-12-6-4-7-13(2)18(12)21-14(3)16-9-5-8-15-10-11-17(20)22-19(15)16/h4-11H,1-3H3/b21-14+. The molecule has 0 bridgehead atoms. The van der Waals surface area contributed by atoms with E-state index >= 15 is 0 Å². The number of hydrogen-bond donors (Lipinski definition) is 0. The zero-order chi connectivity index (χ0) is 15.7. The fraction of sp³-hybridized carbons (Fsp3) is 0.158. The van der Waals surface area contributed by atoms with Crippen molar-refractivity contribution in [1.82, 2.24) is 4.98 Å². The summed E-state index contributed by atoms with van der Waals surface area (Å²) in [6.45, 7) is 6.23. The van der Waals surface area contributed by atoms with E-state index in [4.69, 9.17) is 4.99 Å². The van der Waals surface area contributed by atoms with Gasteiger partial charge in [0.15, 0.2) is 0 Å². The first-order chi connectivity index (χ1) is 10.6. The first-order valence-electron chi connectivity index (χ1n) is 7.23. The van der Waals surface area contributed by atoms with Gasteiger partial charge in [-0.25, -0.2) is 4.98 Å². The Morgan fingerprint density at radius 3 is 2.36 bits per heavy atom. The lowest BCUT2D eigenvalue weighted by atomic mass is 10.1. The van der Waals surface area contributed by atoms with Crippen molar-refractivity contribution in [2.24, 2.45) is 4.99 Å². The van der Waals surface area contributed by atoms with E-state index in [0.29, 0.717) is 0 Å². The summed E-state index contributed by atoms with van der Waals surface area (Å²) in [5, 5.41) is 1.12. The Hall–Kier alpha value is -2.00. The van der Waals surface area contributed by atoms with Crippen LogP contribution in [0.15, 0.2) is 58.1 Å². The van der Waals surface area contributed by atoms with Gasteiger partial charge in [0.05, 0.1) is 11.2 Å². The molecule has 3 heteroatoms. The summed E-state index contributed by atoms with van der Waals surface area (Å²) in [7, 11) is 0. The van der Waals surface area contributed by atoms with Crippen molar-refractivity contribution >= 4 is 38.2 Å². The third-order valence-corrected chi connectivity index (χ3v) is 4.24. The largest absolute Gasteiger partial charge is 0.253 e. The number of nitrogens with zero attached hydrogens (tertiary/aromatic N) is 2. The van der Waals surface area contributed by atoms with Crippen molar-refractivity contribution in [1.29, 1.82) is 0 Å². The highest BCUT2D eigenvalue weighted by Gasteiger charge is 2.08. The molecule has 1 heterocycles. The van der Waals surface area contributed by atoms with Gasteiger partial charge in [-0.2, -0.15) is 0 Å². The zero-order valence-electron chi connectivity index (χ0n) is 12.9. The Balaban J connectivity index is 2.19. The van der Waals surface area contributed by atoms with Crippen LogP contribution in [0.3, 0.4) is 0 Å². The lowest BCUT2D eigenvalue weighted by molar-refractivity contribution is 1.31. The summed E-state index contributed by atoms with van der Waals surface area (Å²) >= 11 is 3.45. The zero-order valence-corrected chi connectivity index (χ0v) is 14.5. The fourth-order valence-corrected chi connectivity index (χ4v) is 2.93. The van der Waals surface area contributed by atoms with Crippen molar-refractivity contribution in [3.05, 3.63) is 69.8 Å². The second kappa shape index (κ2) is 6.01. The van der Waals surface area contributed by atoms with Crippen LogP contribution in [0.2, 0.25) is 0 Å². The van der Waals surface area contributed by atoms with Crippen LogP contribution in [-0.2, 0) is 0 Å². The van der Waals surface area contributed by atoms with E-state index < -0.39 is 0 Å². The van der Waals surface area contributed by atoms with E-state index in [1.54, 1.807) is 0 Å². The molecule has 0 atom stereocenters. The van der Waals surface area contributed by atoms with Crippen molar-refractivity contribution in [2.75, 3.05) is 0 Å². The molecule has 22 heavy (non-hydrogen) atoms. The smallest absolute Gasteiger partial charge is 0.106 e. The Morgan fingerprint density at radius 2 is 1.64 bits per heavy atom. The van der Waals surface area contributed by atoms with Crippen LogP contribution >= 0.6 is 15.9 Å². The number of aryl methyl sites for hydroxylation is 2. The minimum atomic E-state index is 0.840. The molecule has 1 aromatic heterocycles. The summed E-state index contributed by atoms with van der Waals surface area (Å²) in [6, 6.07) is 16.5.